The number of urea groups is 1. The van der Waals surface area contributed by atoms with E-state index < -0.39 is 34.6 Å². The molecule has 2 heterocycles. The van der Waals surface area contributed by atoms with Crippen LogP contribution in [0.1, 0.15) is 35.0 Å². The number of benzene rings is 2. The summed E-state index contributed by atoms with van der Waals surface area (Å²) in [6, 6.07) is 13.8. The lowest BCUT2D eigenvalue weighted by molar-refractivity contribution is -0.139. The van der Waals surface area contributed by atoms with E-state index in [4.69, 9.17) is 9.84 Å². The van der Waals surface area contributed by atoms with E-state index in [0.29, 0.717) is 58.6 Å². The van der Waals surface area contributed by atoms with Gasteiger partial charge in [0.05, 0.1) is 15.1 Å². The van der Waals surface area contributed by atoms with Gasteiger partial charge in [0.25, 0.3) is 0 Å². The normalized spacial score (nSPS) is 14.2. The Bertz CT molecular complexity index is 1600. The number of hydrogen-bond donors (Lipinski definition) is 5. The molecule has 0 atom stereocenters. The number of sulfonamides is 1. The van der Waals surface area contributed by atoms with Crippen molar-refractivity contribution in [3.63, 3.8) is 0 Å². The summed E-state index contributed by atoms with van der Waals surface area (Å²) < 4.78 is 33.6. The summed E-state index contributed by atoms with van der Waals surface area (Å²) in [6.07, 6.45) is 1.14. The van der Waals surface area contributed by atoms with Crippen LogP contribution in [-0.2, 0) is 20.6 Å². The molecule has 1 fully saturated rings. The fourth-order valence-corrected chi connectivity index (χ4v) is 8.11. The summed E-state index contributed by atoms with van der Waals surface area (Å²) in [6.45, 7) is 2.22. The maximum Gasteiger partial charge on any atom is 0.349 e. The van der Waals surface area contributed by atoms with Gasteiger partial charge < -0.3 is 30.9 Å². The molecule has 0 aliphatic carbocycles. The number of piperidine rings is 1. The number of nitrogens with one attached hydrogen (secondary N) is 3. The molecule has 2 aromatic carbocycles. The lowest BCUT2D eigenvalue weighted by atomic mass is 10.1. The predicted molar refractivity (Wildman–Crippen MR) is 168 cm³/mol. The molecule has 0 radical (unpaired) electrons. The molecule has 2 amide bonds. The van der Waals surface area contributed by atoms with Gasteiger partial charge in [-0.1, -0.05) is 30.3 Å². The van der Waals surface area contributed by atoms with Gasteiger partial charge in [-0.2, -0.15) is 0 Å². The molecule has 5 N–H and O–H groups in total. The van der Waals surface area contributed by atoms with Crippen LogP contribution in [0.15, 0.2) is 53.0 Å². The summed E-state index contributed by atoms with van der Waals surface area (Å²) in [5.74, 6) is -2.72. The number of amides is 2. The van der Waals surface area contributed by atoms with Crippen LogP contribution in [0, 0.1) is 0 Å². The molecule has 230 valence electrons. The van der Waals surface area contributed by atoms with Gasteiger partial charge in [0.15, 0.2) is 17.2 Å². The summed E-state index contributed by atoms with van der Waals surface area (Å²) >= 11 is 4.35. The van der Waals surface area contributed by atoms with E-state index in [1.807, 2.05) is 24.3 Å². The first-order chi connectivity index (χ1) is 20.5. The molecule has 4 rings (SSSR count). The number of ether oxygens (including phenoxy) is 1. The zero-order chi connectivity index (χ0) is 31.1. The Morgan fingerprint density at radius 3 is 2.49 bits per heavy atom. The predicted octanol–water partition coefficient (Wildman–Crippen LogP) is 4.89. The molecular formula is C28H31BrN4O8S2. The Kier molecular flexibility index (Phi) is 10.7. The molecule has 15 heteroatoms. The minimum atomic E-state index is -3.64. The van der Waals surface area contributed by atoms with Crippen LogP contribution in [0.2, 0.25) is 0 Å². The van der Waals surface area contributed by atoms with Gasteiger partial charge in [0.1, 0.15) is 0 Å². The van der Waals surface area contributed by atoms with Gasteiger partial charge >= 0.3 is 18.0 Å². The molecule has 1 saturated heterocycles. The minimum Gasteiger partial charge on any atom is -0.479 e. The van der Waals surface area contributed by atoms with Gasteiger partial charge in [-0.3, -0.25) is 0 Å². The maximum atomic E-state index is 13.3. The Hall–Kier alpha value is -3.66. The lowest BCUT2D eigenvalue weighted by Gasteiger charge is -2.32. The Labute approximate surface area is 261 Å². The van der Waals surface area contributed by atoms with Crippen LogP contribution in [0.25, 0.3) is 10.4 Å². The third kappa shape index (κ3) is 8.25. The van der Waals surface area contributed by atoms with Gasteiger partial charge in [-0.05, 0) is 65.0 Å². The summed E-state index contributed by atoms with van der Waals surface area (Å²) in [5.41, 5.74) is 2.43. The number of carbonyl (C=O) groups excluding carboxylic acids is 1. The van der Waals surface area contributed by atoms with Crippen LogP contribution < -0.4 is 20.7 Å². The van der Waals surface area contributed by atoms with Crippen molar-refractivity contribution in [3.05, 3.63) is 63.4 Å². The van der Waals surface area contributed by atoms with E-state index in [9.17, 15) is 27.9 Å². The van der Waals surface area contributed by atoms with Crippen molar-refractivity contribution < 1.29 is 37.8 Å². The van der Waals surface area contributed by atoms with E-state index in [0.717, 1.165) is 17.0 Å². The van der Waals surface area contributed by atoms with E-state index in [2.05, 4.69) is 31.9 Å². The van der Waals surface area contributed by atoms with Crippen LogP contribution in [0.3, 0.4) is 0 Å². The smallest absolute Gasteiger partial charge is 0.349 e. The highest BCUT2D eigenvalue weighted by Crippen LogP contribution is 2.46. The third-order valence-electron chi connectivity index (χ3n) is 6.63. The van der Waals surface area contributed by atoms with Gasteiger partial charge in [-0.15, -0.1) is 11.3 Å². The molecule has 0 saturated carbocycles. The molecular weight excluding hydrogens is 664 g/mol. The number of aliphatic carboxylic acids is 1. The van der Waals surface area contributed by atoms with Crippen LogP contribution in [0.4, 0.5) is 16.2 Å². The fraction of sp³-hybridized carbons (Fsp3) is 0.321. The third-order valence-corrected chi connectivity index (χ3v) is 10.7. The number of hydrogen-bond acceptors (Lipinski definition) is 8. The summed E-state index contributed by atoms with van der Waals surface area (Å²) in [4.78, 5) is 35.2. The maximum absolute atomic E-state index is 13.3. The van der Waals surface area contributed by atoms with Crippen molar-refractivity contribution in [2.24, 2.45) is 0 Å². The van der Waals surface area contributed by atoms with Crippen LogP contribution in [0.5, 0.6) is 5.75 Å². The number of carbonyl (C=O) groups is 3. The number of nitrogens with zero attached hydrogens (tertiary/aromatic N) is 1. The highest BCUT2D eigenvalue weighted by Gasteiger charge is 2.29. The molecule has 0 unspecified atom stereocenters. The number of aromatic carboxylic acids is 1. The SMILES string of the molecule is CCNC(=O)Nc1ccccc1CS(=O)(=O)N1CCC(Nc2cccc(-c3sc(C(=O)O)c(OCC(=O)O)c3Br)c2)CC1. The van der Waals surface area contributed by atoms with Crippen LogP contribution >= 0.6 is 27.3 Å². The molecule has 0 bridgehead atoms. The summed E-state index contributed by atoms with van der Waals surface area (Å²) in [5, 5.41) is 27.3. The average Bonchev–Trinajstić information content (AvgIpc) is 3.29. The van der Waals surface area contributed by atoms with Crippen molar-refractivity contribution in [2.75, 3.05) is 36.9 Å². The molecule has 1 aromatic heterocycles. The quantitative estimate of drug-likeness (QED) is 0.177. The zero-order valence-corrected chi connectivity index (χ0v) is 26.4. The van der Waals surface area contributed by atoms with E-state index in [1.54, 1.807) is 31.2 Å². The Morgan fingerprint density at radius 1 is 1.09 bits per heavy atom. The van der Waals surface area contributed by atoms with Gasteiger partial charge in [-0.25, -0.2) is 27.1 Å². The van der Waals surface area contributed by atoms with Crippen molar-refractivity contribution in [1.82, 2.24) is 9.62 Å². The van der Waals surface area contributed by atoms with Crippen LogP contribution in [-0.4, -0.2) is 73.2 Å². The molecule has 3 aromatic rings. The minimum absolute atomic E-state index is 0.00390. The Morgan fingerprint density at radius 2 is 1.81 bits per heavy atom. The topological polar surface area (TPSA) is 174 Å². The van der Waals surface area contributed by atoms with E-state index in [1.165, 1.54) is 4.31 Å². The number of carboxylic acids is 2. The average molecular weight is 696 g/mol. The molecule has 43 heavy (non-hydrogen) atoms. The molecule has 12 nitrogen and oxygen atoms in total. The number of halogens is 1. The molecule has 1 aliphatic rings. The van der Waals surface area contributed by atoms with Gasteiger partial charge in [0.2, 0.25) is 10.0 Å². The second-order valence-electron chi connectivity index (χ2n) is 9.69. The summed E-state index contributed by atoms with van der Waals surface area (Å²) in [7, 11) is -3.64. The zero-order valence-electron chi connectivity index (χ0n) is 23.1. The van der Waals surface area contributed by atoms with E-state index >= 15 is 0 Å². The largest absolute Gasteiger partial charge is 0.479 e. The fourth-order valence-electron chi connectivity index (χ4n) is 4.63. The number of carboxylic acid groups (broad SMARTS) is 2. The second-order valence-corrected chi connectivity index (χ2v) is 13.5. The number of para-hydroxylation sites is 1. The van der Waals surface area contributed by atoms with Gasteiger partial charge in [0, 0.05) is 37.1 Å². The highest BCUT2D eigenvalue weighted by atomic mass is 79.9. The van der Waals surface area contributed by atoms with Crippen molar-refractivity contribution in [1.29, 1.82) is 0 Å². The van der Waals surface area contributed by atoms with E-state index in [-0.39, 0.29) is 22.4 Å². The second kappa shape index (κ2) is 14.2. The number of anilines is 2. The first kappa shape index (κ1) is 32.3. The first-order valence-corrected chi connectivity index (χ1v) is 16.6. The van der Waals surface area contributed by atoms with Crippen molar-refractivity contribution in [2.45, 2.75) is 31.6 Å². The monoisotopic (exact) mass is 694 g/mol. The highest BCUT2D eigenvalue weighted by molar-refractivity contribution is 9.10. The number of rotatable bonds is 12. The number of thiophene rings is 1. The molecule has 1 aliphatic heterocycles. The Balaban J connectivity index is 1.41. The van der Waals surface area contributed by atoms with Crippen molar-refractivity contribution >= 4 is 66.6 Å². The lowest BCUT2D eigenvalue weighted by Crippen LogP contribution is -2.42. The van der Waals surface area contributed by atoms with Crippen molar-refractivity contribution in [3.8, 4) is 16.2 Å². The molecule has 0 spiro atoms. The first-order valence-electron chi connectivity index (χ1n) is 13.4. The standard InChI is InChI=1S/C28H31BrN4O8S2/c1-2-30-28(38)32-21-9-4-3-6-18(21)16-43(39,40)33-12-10-19(11-13-33)31-20-8-5-7-17(14-20)25-23(29)24(41-15-22(34)35)26(42-25)27(36)37/h3-9,14,19,31H,2,10-13,15-16H2,1H3,(H,34,35)(H,36,37)(H2,30,32,38).